The molecule has 0 saturated carbocycles. The summed E-state index contributed by atoms with van der Waals surface area (Å²) in [4.78, 5) is 11.3. The Morgan fingerprint density at radius 1 is 1.00 bits per heavy atom. The van der Waals surface area contributed by atoms with E-state index in [1.807, 2.05) is 6.92 Å². The van der Waals surface area contributed by atoms with Gasteiger partial charge in [0.25, 0.3) is 0 Å². The molecule has 0 amide bonds. The number of unbranched alkanes of at least 4 members (excludes halogenated alkanes) is 6. The van der Waals surface area contributed by atoms with E-state index >= 15 is 0 Å². The van der Waals surface area contributed by atoms with Crippen LogP contribution in [0.1, 0.15) is 71.6 Å². The zero-order valence-electron chi connectivity index (χ0n) is 10.8. The molecule has 2 nitrogen and oxygen atoms in total. The first kappa shape index (κ1) is 13.7. The van der Waals surface area contributed by atoms with Gasteiger partial charge in [-0.05, 0) is 6.42 Å². The van der Waals surface area contributed by atoms with E-state index in [4.69, 9.17) is 4.74 Å². The zero-order chi connectivity index (χ0) is 11.8. The molecule has 0 bridgehead atoms. The molecule has 16 heavy (non-hydrogen) atoms. The predicted octanol–water partition coefficient (Wildman–Crippen LogP) is 3.87. The molecule has 0 radical (unpaired) electrons. The lowest BCUT2D eigenvalue weighted by Gasteiger charge is -1.99. The monoisotopic (exact) mass is 226 g/mol. The summed E-state index contributed by atoms with van der Waals surface area (Å²) in [5, 5.41) is 0. The van der Waals surface area contributed by atoms with E-state index < -0.39 is 0 Å². The average Bonchev–Trinajstić information content (AvgIpc) is 3.06. The second-order valence-corrected chi connectivity index (χ2v) is 4.82. The van der Waals surface area contributed by atoms with Gasteiger partial charge in [-0.1, -0.05) is 58.8 Å². The second kappa shape index (κ2) is 7.83. The Morgan fingerprint density at radius 2 is 1.62 bits per heavy atom. The van der Waals surface area contributed by atoms with Crippen molar-refractivity contribution in [1.82, 2.24) is 0 Å². The highest BCUT2D eigenvalue weighted by Gasteiger charge is 2.42. The topological polar surface area (TPSA) is 29.6 Å². The van der Waals surface area contributed by atoms with Gasteiger partial charge in [0, 0.05) is 6.42 Å². The molecule has 1 saturated heterocycles. The summed E-state index contributed by atoms with van der Waals surface area (Å²) >= 11 is 0. The summed E-state index contributed by atoms with van der Waals surface area (Å²) < 4.78 is 5.37. The van der Waals surface area contributed by atoms with Crippen LogP contribution >= 0.6 is 0 Å². The summed E-state index contributed by atoms with van der Waals surface area (Å²) in [7, 11) is 0. The number of Topliss-reactive ketones (excluding diaryl/α,β-unsaturated/α-hetero) is 1. The van der Waals surface area contributed by atoms with Gasteiger partial charge in [0.1, 0.15) is 6.10 Å². The highest BCUT2D eigenvalue weighted by molar-refractivity contribution is 5.85. The summed E-state index contributed by atoms with van der Waals surface area (Å²) in [5.41, 5.74) is 0. The van der Waals surface area contributed by atoms with Crippen LogP contribution in [0.2, 0.25) is 0 Å². The van der Waals surface area contributed by atoms with Crippen molar-refractivity contribution in [3.05, 3.63) is 0 Å². The van der Waals surface area contributed by atoms with E-state index in [1.54, 1.807) is 0 Å². The maximum Gasteiger partial charge on any atom is 0.163 e. The van der Waals surface area contributed by atoms with E-state index in [9.17, 15) is 4.79 Å². The van der Waals surface area contributed by atoms with E-state index in [1.165, 1.54) is 44.9 Å². The summed E-state index contributed by atoms with van der Waals surface area (Å²) in [5.74, 6) is 0.285. The van der Waals surface area contributed by atoms with Crippen molar-refractivity contribution < 1.29 is 9.53 Å². The second-order valence-electron chi connectivity index (χ2n) is 4.82. The number of hydrogen-bond acceptors (Lipinski definition) is 2. The van der Waals surface area contributed by atoms with Crippen LogP contribution < -0.4 is 0 Å². The highest BCUT2D eigenvalue weighted by Crippen LogP contribution is 2.29. The summed E-state index contributed by atoms with van der Waals surface area (Å²) in [6.45, 7) is 4.16. The van der Waals surface area contributed by atoms with E-state index in [2.05, 4.69) is 6.92 Å². The van der Waals surface area contributed by atoms with Gasteiger partial charge in [-0.15, -0.1) is 0 Å². The van der Waals surface area contributed by atoms with Gasteiger partial charge in [0.15, 0.2) is 5.78 Å². The van der Waals surface area contributed by atoms with Crippen LogP contribution in [0.4, 0.5) is 0 Å². The van der Waals surface area contributed by atoms with Crippen LogP contribution in [0.25, 0.3) is 0 Å². The lowest BCUT2D eigenvalue weighted by molar-refractivity contribution is -0.119. The third kappa shape index (κ3) is 5.11. The number of hydrogen-bond donors (Lipinski definition) is 0. The van der Waals surface area contributed by atoms with Crippen LogP contribution in [0.3, 0.4) is 0 Å². The van der Waals surface area contributed by atoms with Gasteiger partial charge in [-0.3, -0.25) is 4.79 Å². The molecule has 0 aliphatic carbocycles. The van der Waals surface area contributed by atoms with Gasteiger partial charge in [-0.25, -0.2) is 0 Å². The molecule has 2 heteroatoms. The normalized spacial score (nSPS) is 23.4. The van der Waals surface area contributed by atoms with Gasteiger partial charge in [-0.2, -0.15) is 0 Å². The van der Waals surface area contributed by atoms with E-state index in [0.29, 0.717) is 6.42 Å². The Bertz CT molecular complexity index is 201. The largest absolute Gasteiger partial charge is 0.361 e. The maximum absolute atomic E-state index is 11.3. The lowest BCUT2D eigenvalue weighted by Crippen LogP contribution is -2.07. The minimum atomic E-state index is -0.0370. The third-order valence-corrected chi connectivity index (χ3v) is 3.34. The average molecular weight is 226 g/mol. The number of ketones is 1. The molecule has 1 rings (SSSR count). The number of rotatable bonds is 10. The number of carbonyl (C=O) groups is 1. The molecule has 0 aromatic heterocycles. The SMILES string of the molecule is CCCCCCCCC[C@H]1O[C@@H]1C(=O)CC. The van der Waals surface area contributed by atoms with Crippen molar-refractivity contribution in [3.8, 4) is 0 Å². The molecular weight excluding hydrogens is 200 g/mol. The molecular formula is C14H26O2. The fraction of sp³-hybridized carbons (Fsp3) is 0.929. The standard InChI is InChI=1S/C14H26O2/c1-3-5-6-7-8-9-10-11-13-14(16-13)12(15)4-2/h13-14H,3-11H2,1-2H3/t13-,14-/m1/s1. The maximum atomic E-state index is 11.3. The molecule has 94 valence electrons. The Morgan fingerprint density at radius 3 is 2.25 bits per heavy atom. The Balaban J connectivity index is 1.84. The molecule has 1 aliphatic heterocycles. The van der Waals surface area contributed by atoms with Gasteiger partial charge in [0.05, 0.1) is 6.10 Å². The van der Waals surface area contributed by atoms with Crippen molar-refractivity contribution in [2.75, 3.05) is 0 Å². The first-order chi connectivity index (χ1) is 7.79. The number of ether oxygens (including phenoxy) is 1. The molecule has 0 N–H and O–H groups in total. The van der Waals surface area contributed by atoms with Crippen molar-refractivity contribution in [1.29, 1.82) is 0 Å². The van der Waals surface area contributed by atoms with Crippen LogP contribution in [0.5, 0.6) is 0 Å². The first-order valence-corrected chi connectivity index (χ1v) is 6.97. The molecule has 0 unspecified atom stereocenters. The smallest absolute Gasteiger partial charge is 0.163 e. The van der Waals surface area contributed by atoms with Crippen molar-refractivity contribution in [2.24, 2.45) is 0 Å². The van der Waals surface area contributed by atoms with Crippen molar-refractivity contribution >= 4 is 5.78 Å². The molecule has 1 heterocycles. The molecule has 2 atom stereocenters. The fourth-order valence-corrected chi connectivity index (χ4v) is 2.15. The van der Waals surface area contributed by atoms with Gasteiger partial charge < -0.3 is 4.74 Å². The lowest BCUT2D eigenvalue weighted by atomic mass is 10.1. The summed E-state index contributed by atoms with van der Waals surface area (Å²) in [6, 6.07) is 0. The minimum absolute atomic E-state index is 0.0370. The van der Waals surface area contributed by atoms with Crippen molar-refractivity contribution in [3.63, 3.8) is 0 Å². The molecule has 1 fully saturated rings. The van der Waals surface area contributed by atoms with Crippen LogP contribution in [-0.2, 0) is 9.53 Å². The molecule has 0 aromatic rings. The number of carbonyl (C=O) groups excluding carboxylic acids is 1. The molecule has 0 spiro atoms. The third-order valence-electron chi connectivity index (χ3n) is 3.34. The zero-order valence-corrected chi connectivity index (χ0v) is 10.8. The van der Waals surface area contributed by atoms with E-state index in [-0.39, 0.29) is 18.0 Å². The number of epoxide rings is 1. The quantitative estimate of drug-likeness (QED) is 0.418. The van der Waals surface area contributed by atoms with E-state index in [0.717, 1.165) is 6.42 Å². The van der Waals surface area contributed by atoms with Gasteiger partial charge >= 0.3 is 0 Å². The Labute approximate surface area is 99.8 Å². The molecule has 0 aromatic carbocycles. The highest BCUT2D eigenvalue weighted by atomic mass is 16.6. The fourth-order valence-electron chi connectivity index (χ4n) is 2.15. The van der Waals surface area contributed by atoms with Crippen LogP contribution in [-0.4, -0.2) is 18.0 Å². The Hall–Kier alpha value is -0.370. The minimum Gasteiger partial charge on any atom is -0.361 e. The summed E-state index contributed by atoms with van der Waals surface area (Å²) in [6.07, 6.45) is 11.3. The molecule has 1 aliphatic rings. The first-order valence-electron chi connectivity index (χ1n) is 6.97. The van der Waals surface area contributed by atoms with Crippen LogP contribution in [0.15, 0.2) is 0 Å². The Kier molecular flexibility index (Phi) is 6.70. The van der Waals surface area contributed by atoms with Gasteiger partial charge in [0.2, 0.25) is 0 Å². The van der Waals surface area contributed by atoms with Crippen LogP contribution in [0, 0.1) is 0 Å². The van der Waals surface area contributed by atoms with Crippen molar-refractivity contribution in [2.45, 2.75) is 83.8 Å². The predicted molar refractivity (Wildman–Crippen MR) is 66.6 cm³/mol.